The lowest BCUT2D eigenvalue weighted by Gasteiger charge is -2.15. The molecule has 0 aliphatic rings. The Labute approximate surface area is 218 Å². The molecule has 0 heterocycles. The molecule has 0 aliphatic heterocycles. The van der Waals surface area contributed by atoms with Gasteiger partial charge in [-0.3, -0.25) is 0 Å². The van der Waals surface area contributed by atoms with Crippen LogP contribution in [-0.2, 0) is 0 Å². The molecule has 0 spiro atoms. The second-order valence-electron chi connectivity index (χ2n) is 9.10. The first-order valence-electron chi connectivity index (χ1n) is 12.6. The van der Waals surface area contributed by atoms with E-state index >= 15 is 0 Å². The summed E-state index contributed by atoms with van der Waals surface area (Å²) in [4.78, 5) is 0. The molecule has 0 aliphatic carbocycles. The molecular formula is C36H27N. The molecule has 6 aromatic rings. The molecule has 0 aromatic heterocycles. The fourth-order valence-corrected chi connectivity index (χ4v) is 4.83. The van der Waals surface area contributed by atoms with Crippen molar-refractivity contribution in [2.45, 2.75) is 0 Å². The molecule has 0 bridgehead atoms. The minimum absolute atomic E-state index is 1.07. The molecule has 0 atom stereocenters. The standard InChI is InChI=1S/C36H27N/c1-3-11-27(12-4-1)28-19-23-31(24-20-28)37-32-25-21-30(22-26-32)34-16-8-10-18-36(34)35-17-9-7-15-33(35)29-13-5-2-6-14-29/h1-26,37H. The molecule has 1 N–H and O–H groups in total. The molecule has 0 amide bonds. The van der Waals surface area contributed by atoms with Crippen molar-refractivity contribution in [2.24, 2.45) is 0 Å². The summed E-state index contributed by atoms with van der Waals surface area (Å²) in [6, 6.07) is 55.7. The van der Waals surface area contributed by atoms with E-state index in [1.807, 2.05) is 6.07 Å². The van der Waals surface area contributed by atoms with Gasteiger partial charge in [0.15, 0.2) is 0 Å². The Morgan fingerprint density at radius 2 is 0.568 bits per heavy atom. The lowest BCUT2D eigenvalue weighted by atomic mass is 9.89. The summed E-state index contributed by atoms with van der Waals surface area (Å²) in [7, 11) is 0. The van der Waals surface area contributed by atoms with E-state index < -0.39 is 0 Å². The quantitative estimate of drug-likeness (QED) is 0.254. The summed E-state index contributed by atoms with van der Waals surface area (Å²) in [5.74, 6) is 0. The van der Waals surface area contributed by atoms with Gasteiger partial charge in [-0.25, -0.2) is 0 Å². The van der Waals surface area contributed by atoms with E-state index in [2.05, 4.69) is 157 Å². The van der Waals surface area contributed by atoms with Crippen LogP contribution in [0, 0.1) is 0 Å². The molecule has 1 nitrogen and oxygen atoms in total. The van der Waals surface area contributed by atoms with E-state index in [1.165, 1.54) is 44.5 Å². The number of hydrogen-bond acceptors (Lipinski definition) is 1. The number of hydrogen-bond donors (Lipinski definition) is 1. The van der Waals surface area contributed by atoms with Gasteiger partial charge >= 0.3 is 0 Å². The van der Waals surface area contributed by atoms with E-state index in [4.69, 9.17) is 0 Å². The van der Waals surface area contributed by atoms with Crippen LogP contribution in [0.15, 0.2) is 158 Å². The van der Waals surface area contributed by atoms with Gasteiger partial charge in [-0.05, 0) is 68.8 Å². The van der Waals surface area contributed by atoms with Crippen molar-refractivity contribution in [1.82, 2.24) is 0 Å². The molecule has 0 saturated carbocycles. The largest absolute Gasteiger partial charge is 0.356 e. The number of anilines is 2. The summed E-state index contributed by atoms with van der Waals surface area (Å²) < 4.78 is 0. The highest BCUT2D eigenvalue weighted by Crippen LogP contribution is 2.38. The van der Waals surface area contributed by atoms with E-state index in [1.54, 1.807) is 0 Å². The highest BCUT2D eigenvalue weighted by atomic mass is 14.9. The maximum absolute atomic E-state index is 3.54. The molecule has 37 heavy (non-hydrogen) atoms. The van der Waals surface area contributed by atoms with Gasteiger partial charge in [0.2, 0.25) is 0 Å². The molecule has 0 unspecified atom stereocenters. The van der Waals surface area contributed by atoms with Crippen LogP contribution in [0.25, 0.3) is 44.5 Å². The van der Waals surface area contributed by atoms with Crippen molar-refractivity contribution in [2.75, 3.05) is 5.32 Å². The Hall–Kier alpha value is -4.88. The zero-order valence-corrected chi connectivity index (χ0v) is 20.5. The molecule has 176 valence electrons. The summed E-state index contributed by atoms with van der Waals surface area (Å²) >= 11 is 0. The van der Waals surface area contributed by atoms with Crippen LogP contribution in [-0.4, -0.2) is 0 Å². The molecule has 0 saturated heterocycles. The highest BCUT2D eigenvalue weighted by molar-refractivity contribution is 5.91. The van der Waals surface area contributed by atoms with E-state index in [9.17, 15) is 0 Å². The van der Waals surface area contributed by atoms with Crippen molar-refractivity contribution in [3.63, 3.8) is 0 Å². The summed E-state index contributed by atoms with van der Waals surface area (Å²) in [6.07, 6.45) is 0. The zero-order chi connectivity index (χ0) is 24.9. The Morgan fingerprint density at radius 3 is 1.05 bits per heavy atom. The third kappa shape index (κ3) is 4.94. The normalized spacial score (nSPS) is 10.7. The average Bonchev–Trinajstić information content (AvgIpc) is 2.99. The first-order chi connectivity index (χ1) is 18.3. The van der Waals surface area contributed by atoms with Crippen LogP contribution in [0.2, 0.25) is 0 Å². The predicted molar refractivity (Wildman–Crippen MR) is 158 cm³/mol. The Bertz CT molecular complexity index is 1600. The van der Waals surface area contributed by atoms with E-state index in [0.29, 0.717) is 0 Å². The molecule has 0 radical (unpaired) electrons. The SMILES string of the molecule is c1ccc(-c2ccc(Nc3ccc(-c4ccccc4-c4ccccc4-c4ccccc4)cc3)cc2)cc1. The van der Waals surface area contributed by atoms with E-state index in [0.717, 1.165) is 11.4 Å². The molecule has 6 aromatic carbocycles. The van der Waals surface area contributed by atoms with Crippen LogP contribution < -0.4 is 5.32 Å². The van der Waals surface area contributed by atoms with Gasteiger partial charge in [0.25, 0.3) is 0 Å². The van der Waals surface area contributed by atoms with Crippen molar-refractivity contribution in [3.05, 3.63) is 158 Å². The maximum Gasteiger partial charge on any atom is 0.0384 e. The lowest BCUT2D eigenvalue weighted by molar-refractivity contribution is 1.53. The smallest absolute Gasteiger partial charge is 0.0384 e. The predicted octanol–water partition coefficient (Wildman–Crippen LogP) is 10.1. The lowest BCUT2D eigenvalue weighted by Crippen LogP contribution is -1.91. The van der Waals surface area contributed by atoms with Gasteiger partial charge in [-0.2, -0.15) is 0 Å². The fourth-order valence-electron chi connectivity index (χ4n) is 4.83. The van der Waals surface area contributed by atoms with Crippen molar-refractivity contribution < 1.29 is 0 Å². The molecule has 1 heteroatoms. The number of nitrogens with one attached hydrogen (secondary N) is 1. The molecule has 6 rings (SSSR count). The number of benzene rings is 6. The maximum atomic E-state index is 3.54. The van der Waals surface area contributed by atoms with Crippen LogP contribution in [0.4, 0.5) is 11.4 Å². The third-order valence-corrected chi connectivity index (χ3v) is 6.71. The summed E-state index contributed by atoms with van der Waals surface area (Å²) in [5, 5.41) is 3.54. The fraction of sp³-hybridized carbons (Fsp3) is 0. The first kappa shape index (κ1) is 22.6. The molecular weight excluding hydrogens is 446 g/mol. The Balaban J connectivity index is 1.27. The minimum Gasteiger partial charge on any atom is -0.356 e. The van der Waals surface area contributed by atoms with Gasteiger partial charge in [-0.1, -0.05) is 133 Å². The zero-order valence-electron chi connectivity index (χ0n) is 20.5. The Kier molecular flexibility index (Phi) is 6.34. The third-order valence-electron chi connectivity index (χ3n) is 6.71. The second-order valence-corrected chi connectivity index (χ2v) is 9.10. The summed E-state index contributed by atoms with van der Waals surface area (Å²) in [6.45, 7) is 0. The van der Waals surface area contributed by atoms with Gasteiger partial charge in [0, 0.05) is 11.4 Å². The number of rotatable bonds is 6. The van der Waals surface area contributed by atoms with Gasteiger partial charge in [-0.15, -0.1) is 0 Å². The second kappa shape index (κ2) is 10.4. The van der Waals surface area contributed by atoms with Crippen molar-refractivity contribution in [3.8, 4) is 44.5 Å². The van der Waals surface area contributed by atoms with Crippen LogP contribution in [0.1, 0.15) is 0 Å². The van der Waals surface area contributed by atoms with Gasteiger partial charge in [0.05, 0.1) is 0 Å². The topological polar surface area (TPSA) is 12.0 Å². The van der Waals surface area contributed by atoms with Gasteiger partial charge in [0.1, 0.15) is 0 Å². The first-order valence-corrected chi connectivity index (χ1v) is 12.6. The van der Waals surface area contributed by atoms with Gasteiger partial charge < -0.3 is 5.32 Å². The van der Waals surface area contributed by atoms with E-state index in [-0.39, 0.29) is 0 Å². The minimum atomic E-state index is 1.07. The van der Waals surface area contributed by atoms with Crippen molar-refractivity contribution in [1.29, 1.82) is 0 Å². The van der Waals surface area contributed by atoms with Crippen LogP contribution >= 0.6 is 0 Å². The Morgan fingerprint density at radius 1 is 0.243 bits per heavy atom. The molecule has 0 fully saturated rings. The van der Waals surface area contributed by atoms with Crippen LogP contribution in [0.5, 0.6) is 0 Å². The monoisotopic (exact) mass is 473 g/mol. The van der Waals surface area contributed by atoms with Crippen LogP contribution in [0.3, 0.4) is 0 Å². The average molecular weight is 474 g/mol. The summed E-state index contributed by atoms with van der Waals surface area (Å²) in [5.41, 5.74) is 12.0. The highest BCUT2D eigenvalue weighted by Gasteiger charge is 2.12. The van der Waals surface area contributed by atoms with Crippen molar-refractivity contribution >= 4 is 11.4 Å².